The number of carbonyl (C=O) groups excluding carboxylic acids is 1. The Bertz CT molecular complexity index is 817. The highest BCUT2D eigenvalue weighted by molar-refractivity contribution is 5.94. The van der Waals surface area contributed by atoms with Crippen LogP contribution in [-0.4, -0.2) is 18.2 Å². The molecule has 0 aliphatic heterocycles. The van der Waals surface area contributed by atoms with Crippen molar-refractivity contribution >= 4 is 5.97 Å². The molecule has 2 aromatic carbocycles. The number of aryl methyl sites for hydroxylation is 1. The van der Waals surface area contributed by atoms with Crippen molar-refractivity contribution in [2.45, 2.75) is 59.3 Å². The van der Waals surface area contributed by atoms with E-state index < -0.39 is 5.97 Å². The minimum absolute atomic E-state index is 0.0503. The fraction of sp³-hybridized carbons (Fsp3) is 0.435. The smallest absolute Gasteiger partial charge is 0.347 e. The molecule has 0 atom stereocenters. The number of ether oxygens (including phenoxy) is 2. The number of para-hydroxylation sites is 1. The lowest BCUT2D eigenvalue weighted by atomic mass is 9.79. The van der Waals surface area contributed by atoms with Crippen LogP contribution >= 0.6 is 0 Å². The Morgan fingerprint density at radius 1 is 0.963 bits per heavy atom. The van der Waals surface area contributed by atoms with Gasteiger partial charge >= 0.3 is 5.97 Å². The Kier molecular flexibility index (Phi) is 5.60. The van der Waals surface area contributed by atoms with Crippen LogP contribution in [0.2, 0.25) is 0 Å². The number of benzene rings is 2. The summed E-state index contributed by atoms with van der Waals surface area (Å²) in [5.41, 5.74) is 2.02. The Hall–Kier alpha value is -2.49. The Balaban J connectivity index is 2.66. The summed E-state index contributed by atoms with van der Waals surface area (Å²) < 4.78 is 11.4. The number of phenolic OH excluding ortho intramolecular Hbond substituents is 1. The highest BCUT2D eigenvalue weighted by Gasteiger charge is 2.30. The summed E-state index contributed by atoms with van der Waals surface area (Å²) in [6.45, 7) is 14.1. The van der Waals surface area contributed by atoms with Crippen LogP contribution in [0.5, 0.6) is 17.2 Å². The zero-order valence-corrected chi connectivity index (χ0v) is 17.6. The molecule has 4 nitrogen and oxygen atoms in total. The highest BCUT2D eigenvalue weighted by atomic mass is 16.5. The largest absolute Gasteiger partial charge is 0.507 e. The molecule has 0 bridgehead atoms. The van der Waals surface area contributed by atoms with Crippen LogP contribution < -0.4 is 9.47 Å². The van der Waals surface area contributed by atoms with E-state index in [-0.39, 0.29) is 22.1 Å². The molecule has 0 radical (unpaired) electrons. The summed E-state index contributed by atoms with van der Waals surface area (Å²) in [5, 5.41) is 10.3. The standard InChI is InChI=1S/C23H30O4/c1-14-10-9-11-16(19(14)24)21(25)27-20-17(22(2,3)4)12-15(26-8)13-18(20)23(5,6)7/h9-13,24H,1-8H3. The quantitative estimate of drug-likeness (QED) is 0.571. The first-order valence-corrected chi connectivity index (χ1v) is 9.10. The van der Waals surface area contributed by atoms with Crippen molar-refractivity contribution in [3.05, 3.63) is 52.6 Å². The maximum atomic E-state index is 12.9. The average molecular weight is 370 g/mol. The lowest BCUT2D eigenvalue weighted by Gasteiger charge is -2.29. The molecule has 0 aromatic heterocycles. The molecule has 0 saturated heterocycles. The Morgan fingerprint density at radius 2 is 1.48 bits per heavy atom. The zero-order chi connectivity index (χ0) is 20.6. The molecular formula is C23H30O4. The number of carbonyl (C=O) groups is 1. The van der Waals surface area contributed by atoms with E-state index >= 15 is 0 Å². The van der Waals surface area contributed by atoms with Crippen molar-refractivity contribution in [1.82, 2.24) is 0 Å². The zero-order valence-electron chi connectivity index (χ0n) is 17.6. The fourth-order valence-electron chi connectivity index (χ4n) is 2.92. The summed E-state index contributed by atoms with van der Waals surface area (Å²) in [5.74, 6) is 0.632. The molecule has 2 aromatic rings. The molecule has 0 amide bonds. The van der Waals surface area contributed by atoms with Gasteiger partial charge in [-0.05, 0) is 41.5 Å². The van der Waals surface area contributed by atoms with Crippen LogP contribution in [0.15, 0.2) is 30.3 Å². The minimum Gasteiger partial charge on any atom is -0.507 e. The predicted molar refractivity (Wildman–Crippen MR) is 108 cm³/mol. The lowest BCUT2D eigenvalue weighted by molar-refractivity contribution is 0.0725. The molecule has 0 aliphatic rings. The van der Waals surface area contributed by atoms with Gasteiger partial charge in [0.15, 0.2) is 0 Å². The van der Waals surface area contributed by atoms with Crippen molar-refractivity contribution in [1.29, 1.82) is 0 Å². The molecule has 1 N–H and O–H groups in total. The highest BCUT2D eigenvalue weighted by Crippen LogP contribution is 2.43. The summed E-state index contributed by atoms with van der Waals surface area (Å²) >= 11 is 0. The molecule has 0 fully saturated rings. The van der Waals surface area contributed by atoms with Gasteiger partial charge in [-0.3, -0.25) is 0 Å². The monoisotopic (exact) mass is 370 g/mol. The Morgan fingerprint density at radius 3 is 1.93 bits per heavy atom. The van der Waals surface area contributed by atoms with Crippen molar-refractivity contribution in [3.63, 3.8) is 0 Å². The number of methoxy groups -OCH3 is 1. The number of aromatic hydroxyl groups is 1. The molecule has 0 heterocycles. The van der Waals surface area contributed by atoms with Crippen LogP contribution in [0.3, 0.4) is 0 Å². The van der Waals surface area contributed by atoms with E-state index in [2.05, 4.69) is 41.5 Å². The minimum atomic E-state index is -0.572. The van der Waals surface area contributed by atoms with E-state index in [1.54, 1.807) is 32.2 Å². The molecule has 0 saturated carbocycles. The second-order valence-electron chi connectivity index (χ2n) is 8.91. The van der Waals surface area contributed by atoms with Crippen LogP contribution in [0.1, 0.15) is 68.6 Å². The maximum Gasteiger partial charge on any atom is 0.347 e. The van der Waals surface area contributed by atoms with Crippen molar-refractivity contribution in [2.75, 3.05) is 7.11 Å². The van der Waals surface area contributed by atoms with Crippen LogP contribution in [-0.2, 0) is 10.8 Å². The summed E-state index contributed by atoms with van der Waals surface area (Å²) in [4.78, 5) is 12.9. The average Bonchev–Trinajstić information content (AvgIpc) is 2.55. The normalized spacial score (nSPS) is 12.0. The summed E-state index contributed by atoms with van der Waals surface area (Å²) in [6, 6.07) is 8.87. The number of hydrogen-bond acceptors (Lipinski definition) is 4. The molecular weight excluding hydrogens is 340 g/mol. The SMILES string of the molecule is COc1cc(C(C)(C)C)c(OC(=O)c2cccc(C)c2O)c(C(C)(C)C)c1. The first-order valence-electron chi connectivity index (χ1n) is 9.10. The van der Waals surface area contributed by atoms with Gasteiger partial charge in [-0.1, -0.05) is 53.7 Å². The van der Waals surface area contributed by atoms with Gasteiger partial charge in [0.1, 0.15) is 22.8 Å². The third-order valence-corrected chi connectivity index (χ3v) is 4.57. The van der Waals surface area contributed by atoms with E-state index in [0.29, 0.717) is 11.3 Å². The first-order chi connectivity index (χ1) is 12.4. The third kappa shape index (κ3) is 4.44. The second kappa shape index (κ2) is 7.26. The van der Waals surface area contributed by atoms with Gasteiger partial charge in [-0.25, -0.2) is 4.79 Å². The van der Waals surface area contributed by atoms with Crippen molar-refractivity contribution < 1.29 is 19.4 Å². The predicted octanol–water partition coefficient (Wildman–Crippen LogP) is 5.52. The maximum absolute atomic E-state index is 12.9. The summed E-state index contributed by atoms with van der Waals surface area (Å²) in [7, 11) is 1.63. The second-order valence-corrected chi connectivity index (χ2v) is 8.91. The van der Waals surface area contributed by atoms with E-state index in [9.17, 15) is 9.90 Å². The van der Waals surface area contributed by atoms with Crippen LogP contribution in [0.4, 0.5) is 0 Å². The van der Waals surface area contributed by atoms with E-state index in [1.165, 1.54) is 0 Å². The van der Waals surface area contributed by atoms with Gasteiger partial charge in [0.2, 0.25) is 0 Å². The molecule has 27 heavy (non-hydrogen) atoms. The van der Waals surface area contributed by atoms with E-state index in [1.807, 2.05) is 12.1 Å². The molecule has 4 heteroatoms. The van der Waals surface area contributed by atoms with Gasteiger partial charge in [0.05, 0.1) is 7.11 Å². The molecule has 0 aliphatic carbocycles. The van der Waals surface area contributed by atoms with Gasteiger partial charge in [-0.2, -0.15) is 0 Å². The lowest BCUT2D eigenvalue weighted by Crippen LogP contribution is -2.22. The summed E-state index contributed by atoms with van der Waals surface area (Å²) in [6.07, 6.45) is 0. The number of phenols is 1. The Labute approximate surface area is 162 Å². The number of hydrogen-bond donors (Lipinski definition) is 1. The van der Waals surface area contributed by atoms with Crippen molar-refractivity contribution in [2.24, 2.45) is 0 Å². The molecule has 0 unspecified atom stereocenters. The molecule has 0 spiro atoms. The van der Waals surface area contributed by atoms with Gasteiger partial charge in [-0.15, -0.1) is 0 Å². The molecule has 146 valence electrons. The van der Waals surface area contributed by atoms with E-state index in [4.69, 9.17) is 9.47 Å². The fourth-order valence-corrected chi connectivity index (χ4v) is 2.92. The van der Waals surface area contributed by atoms with Gasteiger partial charge in [0.25, 0.3) is 0 Å². The molecule has 2 rings (SSSR count). The van der Waals surface area contributed by atoms with Crippen LogP contribution in [0, 0.1) is 6.92 Å². The topological polar surface area (TPSA) is 55.8 Å². The first kappa shape index (κ1) is 20.8. The van der Waals surface area contributed by atoms with Crippen molar-refractivity contribution in [3.8, 4) is 17.2 Å². The third-order valence-electron chi connectivity index (χ3n) is 4.57. The van der Waals surface area contributed by atoms with Gasteiger partial charge in [0, 0.05) is 11.1 Å². The van der Waals surface area contributed by atoms with Gasteiger partial charge < -0.3 is 14.6 Å². The van der Waals surface area contributed by atoms with Crippen LogP contribution in [0.25, 0.3) is 0 Å². The van der Waals surface area contributed by atoms with E-state index in [0.717, 1.165) is 16.9 Å². The number of rotatable bonds is 3. The number of esters is 1.